The number of halogens is 2. The number of fused-ring (bicyclic) bond motifs is 1. The van der Waals surface area contributed by atoms with Crippen molar-refractivity contribution in [2.45, 2.75) is 25.2 Å². The fourth-order valence-corrected chi connectivity index (χ4v) is 4.76. The van der Waals surface area contributed by atoms with Crippen LogP contribution in [0.3, 0.4) is 0 Å². The molecule has 1 aromatic heterocycles. The van der Waals surface area contributed by atoms with Gasteiger partial charge in [-0.3, -0.25) is 9.69 Å². The van der Waals surface area contributed by atoms with Crippen LogP contribution in [0.15, 0.2) is 36.7 Å². The Morgan fingerprint density at radius 3 is 2.28 bits per heavy atom. The van der Waals surface area contributed by atoms with E-state index < -0.39 is 5.92 Å². The van der Waals surface area contributed by atoms with Gasteiger partial charge in [0.1, 0.15) is 18.0 Å². The van der Waals surface area contributed by atoms with Crippen LogP contribution in [0.25, 0.3) is 0 Å². The van der Waals surface area contributed by atoms with Crippen molar-refractivity contribution in [2.75, 3.05) is 67.1 Å². The van der Waals surface area contributed by atoms with Crippen LogP contribution in [0.4, 0.5) is 26.1 Å². The Morgan fingerprint density at radius 1 is 0.906 bits per heavy atom. The monoisotopic (exact) mass is 442 g/mol. The van der Waals surface area contributed by atoms with Crippen molar-refractivity contribution in [1.29, 1.82) is 0 Å². The summed E-state index contributed by atoms with van der Waals surface area (Å²) in [6.45, 7) is 4.85. The first-order valence-corrected chi connectivity index (χ1v) is 11.3. The minimum atomic E-state index is -2.57. The zero-order chi connectivity index (χ0) is 22.1. The predicted molar refractivity (Wildman–Crippen MR) is 120 cm³/mol. The third-order valence-electron chi connectivity index (χ3n) is 6.70. The van der Waals surface area contributed by atoms with Crippen molar-refractivity contribution in [3.8, 4) is 0 Å². The van der Waals surface area contributed by atoms with Gasteiger partial charge in [0.05, 0.1) is 6.54 Å². The quantitative estimate of drug-likeness (QED) is 0.725. The molecule has 2 fully saturated rings. The first kappa shape index (κ1) is 21.1. The van der Waals surface area contributed by atoms with Crippen molar-refractivity contribution >= 4 is 23.2 Å². The fourth-order valence-electron chi connectivity index (χ4n) is 4.76. The van der Waals surface area contributed by atoms with E-state index in [-0.39, 0.29) is 18.7 Å². The summed E-state index contributed by atoms with van der Waals surface area (Å²) in [7, 11) is 0. The van der Waals surface area contributed by atoms with E-state index in [0.717, 1.165) is 50.6 Å². The van der Waals surface area contributed by atoms with Crippen molar-refractivity contribution in [3.63, 3.8) is 0 Å². The summed E-state index contributed by atoms with van der Waals surface area (Å²) in [4.78, 5) is 29.8. The molecule has 0 N–H and O–H groups in total. The smallest absolute Gasteiger partial charge is 0.251 e. The van der Waals surface area contributed by atoms with E-state index in [4.69, 9.17) is 0 Å². The molecule has 1 aromatic carbocycles. The molecule has 1 amide bonds. The van der Waals surface area contributed by atoms with Gasteiger partial charge in [0.25, 0.3) is 5.92 Å². The van der Waals surface area contributed by atoms with Gasteiger partial charge < -0.3 is 14.7 Å². The van der Waals surface area contributed by atoms with Gasteiger partial charge in [0, 0.05) is 70.4 Å². The Labute approximate surface area is 186 Å². The third kappa shape index (κ3) is 4.39. The molecule has 9 heteroatoms. The summed E-state index contributed by atoms with van der Waals surface area (Å²) in [5.41, 5.74) is 2.28. The van der Waals surface area contributed by atoms with Crippen LogP contribution in [0.2, 0.25) is 0 Å². The molecule has 0 radical (unpaired) electrons. The number of alkyl halides is 2. The Morgan fingerprint density at radius 2 is 1.56 bits per heavy atom. The van der Waals surface area contributed by atoms with Crippen LogP contribution in [0, 0.1) is 0 Å². The van der Waals surface area contributed by atoms with Crippen molar-refractivity contribution in [3.05, 3.63) is 42.2 Å². The lowest BCUT2D eigenvalue weighted by molar-refractivity contribution is -0.119. The lowest BCUT2D eigenvalue weighted by atomic mass is 10.1. The van der Waals surface area contributed by atoms with Crippen molar-refractivity contribution in [2.24, 2.45) is 0 Å². The summed E-state index contributed by atoms with van der Waals surface area (Å²) >= 11 is 0. The molecule has 2 saturated heterocycles. The number of nitrogens with zero attached hydrogens (tertiary/aromatic N) is 6. The van der Waals surface area contributed by atoms with Gasteiger partial charge in [0.2, 0.25) is 5.91 Å². The van der Waals surface area contributed by atoms with Gasteiger partial charge in [-0.15, -0.1) is 0 Å². The normalized spacial score (nSPS) is 21.0. The second-order valence-corrected chi connectivity index (χ2v) is 8.76. The molecule has 170 valence electrons. The van der Waals surface area contributed by atoms with Crippen LogP contribution < -0.4 is 14.7 Å². The predicted octanol–water partition coefficient (Wildman–Crippen LogP) is 2.42. The SMILES string of the molecule is O=C(CN1CCN(c2cc(N3CCC(F)(F)CC3)ncn2)CC1)N1CCc2ccccc21. The lowest BCUT2D eigenvalue weighted by Gasteiger charge is -2.36. The molecule has 5 rings (SSSR count). The number of carbonyl (C=O) groups is 1. The van der Waals surface area contributed by atoms with E-state index in [1.54, 1.807) is 0 Å². The van der Waals surface area contributed by atoms with E-state index in [1.807, 2.05) is 34.1 Å². The number of hydrogen-bond donors (Lipinski definition) is 0. The largest absolute Gasteiger partial charge is 0.356 e. The number of para-hydroxylation sites is 1. The van der Waals surface area contributed by atoms with Gasteiger partial charge in [-0.25, -0.2) is 18.7 Å². The van der Waals surface area contributed by atoms with Crippen LogP contribution in [-0.4, -0.2) is 79.1 Å². The minimum absolute atomic E-state index is 0.138. The Kier molecular flexibility index (Phi) is 5.67. The molecule has 4 heterocycles. The van der Waals surface area contributed by atoms with Gasteiger partial charge in [-0.1, -0.05) is 18.2 Å². The van der Waals surface area contributed by atoms with Gasteiger partial charge in [0.15, 0.2) is 0 Å². The number of piperidine rings is 1. The average molecular weight is 443 g/mol. The minimum Gasteiger partial charge on any atom is -0.356 e. The Hall–Kier alpha value is -2.81. The highest BCUT2D eigenvalue weighted by Gasteiger charge is 2.34. The van der Waals surface area contributed by atoms with Crippen molar-refractivity contribution in [1.82, 2.24) is 14.9 Å². The molecule has 0 atom stereocenters. The molecule has 0 aliphatic carbocycles. The van der Waals surface area contributed by atoms with Gasteiger partial charge in [-0.05, 0) is 18.1 Å². The number of rotatable bonds is 4. The molecule has 0 spiro atoms. The second kappa shape index (κ2) is 8.61. The number of benzene rings is 1. The summed E-state index contributed by atoms with van der Waals surface area (Å²) in [5, 5.41) is 0. The summed E-state index contributed by atoms with van der Waals surface area (Å²) in [6.07, 6.45) is 2.15. The molecule has 0 unspecified atom stereocenters. The Bertz CT molecular complexity index is 968. The maximum Gasteiger partial charge on any atom is 0.251 e. The topological polar surface area (TPSA) is 55.8 Å². The van der Waals surface area contributed by atoms with E-state index in [9.17, 15) is 13.6 Å². The molecular weight excluding hydrogens is 414 g/mol. The standard InChI is InChI=1S/C23H28F2N6O/c24-23(25)6-9-29(10-7-23)20-15-21(27-17-26-20)30-13-11-28(12-14-30)16-22(32)31-8-5-18-3-1-2-4-19(18)31/h1-4,15,17H,5-14,16H2. The number of aromatic nitrogens is 2. The van der Waals surface area contributed by atoms with E-state index in [0.29, 0.717) is 25.5 Å². The molecule has 0 saturated carbocycles. The highest BCUT2D eigenvalue weighted by Crippen LogP contribution is 2.31. The van der Waals surface area contributed by atoms with E-state index in [2.05, 4.69) is 25.8 Å². The zero-order valence-corrected chi connectivity index (χ0v) is 18.1. The summed E-state index contributed by atoms with van der Waals surface area (Å²) < 4.78 is 26.9. The number of carbonyl (C=O) groups excluding carboxylic acids is 1. The summed E-state index contributed by atoms with van der Waals surface area (Å²) in [5.74, 6) is -0.908. The maximum absolute atomic E-state index is 13.5. The molecule has 0 bridgehead atoms. The Balaban J connectivity index is 1.16. The van der Waals surface area contributed by atoms with E-state index >= 15 is 0 Å². The highest BCUT2D eigenvalue weighted by molar-refractivity contribution is 5.96. The number of anilines is 3. The number of piperazine rings is 1. The molecule has 3 aliphatic rings. The average Bonchev–Trinajstić information content (AvgIpc) is 3.24. The van der Waals surface area contributed by atoms with E-state index in [1.165, 1.54) is 11.9 Å². The molecular formula is C23H28F2N6O. The highest BCUT2D eigenvalue weighted by atomic mass is 19.3. The van der Waals surface area contributed by atoms with Gasteiger partial charge in [-0.2, -0.15) is 0 Å². The summed E-state index contributed by atoms with van der Waals surface area (Å²) in [6, 6.07) is 10.0. The van der Waals surface area contributed by atoms with Gasteiger partial charge >= 0.3 is 0 Å². The number of amides is 1. The first-order valence-electron chi connectivity index (χ1n) is 11.3. The molecule has 3 aliphatic heterocycles. The van der Waals surface area contributed by atoms with Crippen LogP contribution >= 0.6 is 0 Å². The fraction of sp³-hybridized carbons (Fsp3) is 0.522. The second-order valence-electron chi connectivity index (χ2n) is 8.76. The van der Waals surface area contributed by atoms with Crippen LogP contribution in [0.1, 0.15) is 18.4 Å². The zero-order valence-electron chi connectivity index (χ0n) is 18.1. The molecule has 32 heavy (non-hydrogen) atoms. The number of hydrogen-bond acceptors (Lipinski definition) is 6. The third-order valence-corrected chi connectivity index (χ3v) is 6.70. The molecule has 7 nitrogen and oxygen atoms in total. The lowest BCUT2D eigenvalue weighted by Crippen LogP contribution is -2.50. The first-order chi connectivity index (χ1) is 15.5. The van der Waals surface area contributed by atoms with Crippen molar-refractivity contribution < 1.29 is 13.6 Å². The molecule has 2 aromatic rings. The van der Waals surface area contributed by atoms with Crippen LogP contribution in [0.5, 0.6) is 0 Å². The maximum atomic E-state index is 13.5. The van der Waals surface area contributed by atoms with Crippen LogP contribution in [-0.2, 0) is 11.2 Å².